The summed E-state index contributed by atoms with van der Waals surface area (Å²) < 4.78 is 6.33. The van der Waals surface area contributed by atoms with Gasteiger partial charge in [-0.3, -0.25) is 0 Å². The number of para-hydroxylation sites is 1. The van der Waals surface area contributed by atoms with Crippen molar-refractivity contribution >= 4 is 65.0 Å². The first-order valence-electron chi connectivity index (χ1n) is 19.9. The molecule has 10 aromatic carbocycles. The van der Waals surface area contributed by atoms with Crippen molar-refractivity contribution in [2.45, 2.75) is 0 Å². The molecule has 0 spiro atoms. The van der Waals surface area contributed by atoms with Crippen LogP contribution in [0.3, 0.4) is 0 Å². The van der Waals surface area contributed by atoms with Gasteiger partial charge in [-0.2, -0.15) is 0 Å². The number of hydrogen-bond donors (Lipinski definition) is 0. The maximum Gasteiger partial charge on any atom is 0.164 e. The molecular weight excluding hydrogens is 719 g/mol. The molecule has 0 unspecified atom stereocenters. The summed E-state index contributed by atoms with van der Waals surface area (Å²) in [6.45, 7) is 0. The van der Waals surface area contributed by atoms with Crippen molar-refractivity contribution in [1.29, 1.82) is 0 Å². The minimum absolute atomic E-state index is 0.588. The Morgan fingerprint density at radius 2 is 0.729 bits per heavy atom. The first-order chi connectivity index (χ1) is 29.2. The lowest BCUT2D eigenvalue weighted by Gasteiger charge is -2.16. The molecule has 0 aliphatic carbocycles. The first kappa shape index (κ1) is 33.2. The van der Waals surface area contributed by atoms with Crippen LogP contribution in [-0.4, -0.2) is 15.0 Å². The van der Waals surface area contributed by atoms with Crippen molar-refractivity contribution in [3.8, 4) is 56.4 Å². The lowest BCUT2D eigenvalue weighted by atomic mass is 9.88. The third-order valence-electron chi connectivity index (χ3n) is 11.7. The lowest BCUT2D eigenvalue weighted by molar-refractivity contribution is 0.669. The summed E-state index contributed by atoms with van der Waals surface area (Å²) in [7, 11) is 0. The Kier molecular flexibility index (Phi) is 7.50. The van der Waals surface area contributed by atoms with Crippen LogP contribution < -0.4 is 0 Å². The predicted octanol–water partition coefficient (Wildman–Crippen LogP) is 14.7. The molecule has 274 valence electrons. The minimum Gasteiger partial charge on any atom is -0.456 e. The van der Waals surface area contributed by atoms with Gasteiger partial charge in [0.1, 0.15) is 11.2 Å². The van der Waals surface area contributed by atoms with E-state index in [0.29, 0.717) is 17.5 Å². The summed E-state index contributed by atoms with van der Waals surface area (Å²) >= 11 is 0. The molecule has 0 N–H and O–H groups in total. The van der Waals surface area contributed by atoms with E-state index in [1.165, 1.54) is 43.1 Å². The van der Waals surface area contributed by atoms with E-state index < -0.39 is 0 Å². The Morgan fingerprint density at radius 3 is 1.36 bits per heavy atom. The molecule has 0 fully saturated rings. The minimum atomic E-state index is 0.588. The van der Waals surface area contributed by atoms with Crippen LogP contribution in [0.25, 0.3) is 121 Å². The molecule has 59 heavy (non-hydrogen) atoms. The zero-order valence-electron chi connectivity index (χ0n) is 31.8. The van der Waals surface area contributed by atoms with E-state index in [1.54, 1.807) is 0 Å². The van der Waals surface area contributed by atoms with Crippen molar-refractivity contribution in [1.82, 2.24) is 15.0 Å². The summed E-state index contributed by atoms with van der Waals surface area (Å²) in [4.78, 5) is 15.8. The Labute approximate surface area is 339 Å². The van der Waals surface area contributed by atoms with Gasteiger partial charge in [0, 0.05) is 27.5 Å². The highest BCUT2D eigenvalue weighted by molar-refractivity contribution is 6.16. The third kappa shape index (κ3) is 5.49. The fourth-order valence-electron chi connectivity index (χ4n) is 8.96. The molecule has 0 aliphatic heterocycles. The maximum absolute atomic E-state index is 6.33. The number of rotatable bonds is 5. The van der Waals surface area contributed by atoms with Crippen LogP contribution in [0, 0.1) is 0 Å². The van der Waals surface area contributed by atoms with E-state index in [2.05, 4.69) is 152 Å². The van der Waals surface area contributed by atoms with Crippen LogP contribution in [-0.2, 0) is 0 Å². The average Bonchev–Trinajstić information content (AvgIpc) is 3.70. The molecule has 0 atom stereocenters. The average molecular weight is 752 g/mol. The van der Waals surface area contributed by atoms with E-state index >= 15 is 0 Å². The zero-order valence-corrected chi connectivity index (χ0v) is 31.8. The Morgan fingerprint density at radius 1 is 0.271 bits per heavy atom. The molecule has 4 heteroatoms. The second-order valence-electron chi connectivity index (χ2n) is 15.1. The highest BCUT2D eigenvalue weighted by atomic mass is 16.3. The van der Waals surface area contributed by atoms with E-state index in [4.69, 9.17) is 19.4 Å². The Balaban J connectivity index is 1.18. The van der Waals surface area contributed by atoms with E-state index in [1.807, 2.05) is 48.5 Å². The quantitative estimate of drug-likeness (QED) is 0.164. The number of fused-ring (bicyclic) bond motifs is 9. The first-order valence-corrected chi connectivity index (χ1v) is 19.9. The van der Waals surface area contributed by atoms with Gasteiger partial charge in [-0.05, 0) is 108 Å². The van der Waals surface area contributed by atoms with Gasteiger partial charge in [0.05, 0.1) is 0 Å². The van der Waals surface area contributed by atoms with Crippen LogP contribution in [0.4, 0.5) is 0 Å². The van der Waals surface area contributed by atoms with Gasteiger partial charge in [-0.15, -0.1) is 0 Å². The lowest BCUT2D eigenvalue weighted by Crippen LogP contribution is -2.01. The maximum atomic E-state index is 6.33. The number of nitrogens with zero attached hydrogens (tertiary/aromatic N) is 3. The summed E-state index contributed by atoms with van der Waals surface area (Å²) in [6, 6.07) is 70.7. The van der Waals surface area contributed by atoms with Gasteiger partial charge in [0.2, 0.25) is 0 Å². The molecular formula is C55H33N3O. The van der Waals surface area contributed by atoms with Crippen molar-refractivity contribution in [2.75, 3.05) is 0 Å². The largest absolute Gasteiger partial charge is 0.456 e. The second-order valence-corrected chi connectivity index (χ2v) is 15.1. The molecule has 12 rings (SSSR count). The summed E-state index contributed by atoms with van der Waals surface area (Å²) in [5, 5.41) is 11.7. The number of hydrogen-bond acceptors (Lipinski definition) is 4. The highest BCUT2D eigenvalue weighted by Crippen LogP contribution is 2.42. The normalized spacial score (nSPS) is 11.7. The molecule has 0 saturated heterocycles. The van der Waals surface area contributed by atoms with E-state index in [-0.39, 0.29) is 0 Å². The van der Waals surface area contributed by atoms with Gasteiger partial charge in [0.15, 0.2) is 17.5 Å². The molecule has 0 saturated carbocycles. The van der Waals surface area contributed by atoms with Crippen LogP contribution in [0.1, 0.15) is 0 Å². The standard InChI is InChI=1S/C55H33N3O/c1-2-15-34(16-3-1)53-56-54(58-55(57-53)47-26-14-28-51-52(47)46-25-12-13-27-50(46)59-51)39-30-37(48-32-35-17-4-6-19-40(35)42-21-8-10-23-44(42)48)29-38(31-39)49-33-36-18-5-7-20-41(36)43-22-9-11-24-45(43)49/h1-33H. The van der Waals surface area contributed by atoms with Crippen molar-refractivity contribution in [3.63, 3.8) is 0 Å². The van der Waals surface area contributed by atoms with Gasteiger partial charge >= 0.3 is 0 Å². The van der Waals surface area contributed by atoms with Gasteiger partial charge < -0.3 is 4.42 Å². The van der Waals surface area contributed by atoms with Crippen molar-refractivity contribution in [2.24, 2.45) is 0 Å². The molecule has 0 bridgehead atoms. The molecule has 12 aromatic rings. The molecule has 2 heterocycles. The third-order valence-corrected chi connectivity index (χ3v) is 11.7. The monoisotopic (exact) mass is 751 g/mol. The molecule has 0 amide bonds. The highest BCUT2D eigenvalue weighted by Gasteiger charge is 2.20. The predicted molar refractivity (Wildman–Crippen MR) is 244 cm³/mol. The summed E-state index contributed by atoms with van der Waals surface area (Å²) in [5.41, 5.74) is 8.81. The molecule has 0 aliphatic rings. The van der Waals surface area contributed by atoms with Crippen LogP contribution in [0.15, 0.2) is 205 Å². The number of benzene rings is 10. The molecule has 4 nitrogen and oxygen atoms in total. The molecule has 0 radical (unpaired) electrons. The Bertz CT molecular complexity index is 3490. The second kappa shape index (κ2) is 13.3. The fraction of sp³-hybridized carbons (Fsp3) is 0. The topological polar surface area (TPSA) is 51.8 Å². The zero-order chi connectivity index (χ0) is 38.9. The van der Waals surface area contributed by atoms with Crippen LogP contribution in [0.2, 0.25) is 0 Å². The Hall–Kier alpha value is -7.95. The van der Waals surface area contributed by atoms with E-state index in [0.717, 1.165) is 60.9 Å². The van der Waals surface area contributed by atoms with Crippen molar-refractivity contribution in [3.05, 3.63) is 200 Å². The van der Waals surface area contributed by atoms with Gasteiger partial charge in [-0.25, -0.2) is 15.0 Å². The van der Waals surface area contributed by atoms with Gasteiger partial charge in [-0.1, -0.05) is 158 Å². The van der Waals surface area contributed by atoms with Crippen LogP contribution in [0.5, 0.6) is 0 Å². The van der Waals surface area contributed by atoms with Gasteiger partial charge in [0.25, 0.3) is 0 Å². The number of aromatic nitrogens is 3. The van der Waals surface area contributed by atoms with E-state index in [9.17, 15) is 0 Å². The number of furan rings is 1. The van der Waals surface area contributed by atoms with Crippen LogP contribution >= 0.6 is 0 Å². The summed E-state index contributed by atoms with van der Waals surface area (Å²) in [6.07, 6.45) is 0. The molecule has 2 aromatic heterocycles. The summed E-state index contributed by atoms with van der Waals surface area (Å²) in [5.74, 6) is 1.79. The van der Waals surface area contributed by atoms with Crippen molar-refractivity contribution < 1.29 is 4.42 Å². The fourth-order valence-corrected chi connectivity index (χ4v) is 8.96. The SMILES string of the molecule is c1ccc(-c2nc(-c3cc(-c4cc5ccccc5c5ccccc45)cc(-c4cc5ccccc5c5ccccc45)c3)nc(-c3cccc4oc5ccccc5c34)n2)cc1. The smallest absolute Gasteiger partial charge is 0.164 e.